The van der Waals surface area contributed by atoms with Crippen molar-refractivity contribution in [3.8, 4) is 0 Å². The van der Waals surface area contributed by atoms with Gasteiger partial charge >= 0.3 is 0 Å². The molecule has 4 heteroatoms. The Balaban J connectivity index is 1.54. The molecule has 1 aliphatic carbocycles. The Kier molecular flexibility index (Phi) is 4.79. The zero-order chi connectivity index (χ0) is 15.5. The number of amides is 1. The van der Waals surface area contributed by atoms with Crippen LogP contribution < -0.4 is 11.1 Å². The van der Waals surface area contributed by atoms with E-state index in [1.165, 1.54) is 30.4 Å². The summed E-state index contributed by atoms with van der Waals surface area (Å²) >= 11 is 0. The first-order chi connectivity index (χ1) is 10.6. The first-order valence-corrected chi connectivity index (χ1v) is 8.51. The molecule has 0 saturated carbocycles. The number of anilines is 1. The van der Waals surface area contributed by atoms with Crippen LogP contribution in [-0.4, -0.2) is 36.5 Å². The van der Waals surface area contributed by atoms with Crippen LogP contribution in [0, 0.1) is 5.92 Å². The molecule has 3 N–H and O–H groups in total. The van der Waals surface area contributed by atoms with Crippen molar-refractivity contribution in [1.29, 1.82) is 0 Å². The zero-order valence-electron chi connectivity index (χ0n) is 13.5. The van der Waals surface area contributed by atoms with E-state index in [0.717, 1.165) is 31.6 Å². The number of carbonyl (C=O) groups is 1. The normalized spacial score (nSPS) is 23.1. The van der Waals surface area contributed by atoms with Gasteiger partial charge in [-0.3, -0.25) is 9.69 Å². The van der Waals surface area contributed by atoms with E-state index >= 15 is 0 Å². The third kappa shape index (κ3) is 3.68. The summed E-state index contributed by atoms with van der Waals surface area (Å²) in [4.78, 5) is 14.5. The molecule has 120 valence electrons. The highest BCUT2D eigenvalue weighted by Crippen LogP contribution is 2.25. The maximum atomic E-state index is 12.3. The molecule has 0 aromatic heterocycles. The average molecular weight is 301 g/mol. The second kappa shape index (κ2) is 6.80. The minimum atomic E-state index is 0.0864. The van der Waals surface area contributed by atoms with Crippen molar-refractivity contribution in [2.45, 2.75) is 45.1 Å². The first-order valence-electron chi connectivity index (χ1n) is 8.51. The molecule has 0 spiro atoms. The lowest BCUT2D eigenvalue weighted by Gasteiger charge is -2.34. The van der Waals surface area contributed by atoms with Crippen LogP contribution in [0.5, 0.6) is 0 Å². The Labute approximate surface area is 133 Å². The minimum Gasteiger partial charge on any atom is -0.328 e. The van der Waals surface area contributed by atoms with E-state index in [-0.39, 0.29) is 11.9 Å². The summed E-state index contributed by atoms with van der Waals surface area (Å²) in [5.41, 5.74) is 9.78. The molecule has 3 rings (SSSR count). The van der Waals surface area contributed by atoms with Crippen LogP contribution in [0.15, 0.2) is 18.2 Å². The first kappa shape index (κ1) is 15.5. The molecule has 0 bridgehead atoms. The summed E-state index contributed by atoms with van der Waals surface area (Å²) in [5.74, 6) is 0.602. The third-order valence-corrected chi connectivity index (χ3v) is 5.03. The van der Waals surface area contributed by atoms with E-state index in [0.29, 0.717) is 12.5 Å². The molecule has 1 saturated heterocycles. The topological polar surface area (TPSA) is 58.4 Å². The van der Waals surface area contributed by atoms with E-state index in [1.807, 2.05) is 6.07 Å². The molecule has 1 aliphatic heterocycles. The Morgan fingerprint density at radius 2 is 2.18 bits per heavy atom. The van der Waals surface area contributed by atoms with Gasteiger partial charge in [0.05, 0.1) is 6.54 Å². The van der Waals surface area contributed by atoms with Crippen molar-refractivity contribution in [3.63, 3.8) is 0 Å². The predicted octanol–water partition coefficient (Wildman–Crippen LogP) is 2.17. The molecule has 0 radical (unpaired) electrons. The van der Waals surface area contributed by atoms with Crippen molar-refractivity contribution in [2.24, 2.45) is 11.7 Å². The van der Waals surface area contributed by atoms with Crippen molar-refractivity contribution >= 4 is 11.6 Å². The van der Waals surface area contributed by atoms with Crippen LogP contribution in [0.4, 0.5) is 5.69 Å². The number of likely N-dealkylation sites (tertiary alicyclic amines) is 1. The fourth-order valence-electron chi connectivity index (χ4n) is 3.72. The molecular formula is C18H27N3O. The molecule has 1 amide bonds. The summed E-state index contributed by atoms with van der Waals surface area (Å²) in [6, 6.07) is 6.54. The Morgan fingerprint density at radius 3 is 3.00 bits per heavy atom. The van der Waals surface area contributed by atoms with Gasteiger partial charge in [0, 0.05) is 18.3 Å². The van der Waals surface area contributed by atoms with Crippen molar-refractivity contribution in [1.82, 2.24) is 4.90 Å². The number of benzene rings is 1. The SMILES string of the molecule is CC(N)C1CCCN(CC(=O)Nc2ccc3c(c2)CCC3)C1. The van der Waals surface area contributed by atoms with E-state index < -0.39 is 0 Å². The molecule has 1 aromatic carbocycles. The highest BCUT2D eigenvalue weighted by atomic mass is 16.2. The number of nitrogens with two attached hydrogens (primary N) is 1. The lowest BCUT2D eigenvalue weighted by molar-refractivity contribution is -0.117. The molecule has 1 fully saturated rings. The Morgan fingerprint density at radius 1 is 1.36 bits per heavy atom. The van der Waals surface area contributed by atoms with Gasteiger partial charge in [-0.1, -0.05) is 6.07 Å². The van der Waals surface area contributed by atoms with Gasteiger partial charge in [-0.15, -0.1) is 0 Å². The highest BCUT2D eigenvalue weighted by molar-refractivity contribution is 5.92. The van der Waals surface area contributed by atoms with Gasteiger partial charge in [0.1, 0.15) is 0 Å². The van der Waals surface area contributed by atoms with Crippen molar-refractivity contribution < 1.29 is 4.79 Å². The summed E-state index contributed by atoms with van der Waals surface area (Å²) in [6.45, 7) is 4.48. The number of hydrogen-bond donors (Lipinski definition) is 2. The maximum Gasteiger partial charge on any atom is 0.238 e. The van der Waals surface area contributed by atoms with Gasteiger partial charge in [-0.25, -0.2) is 0 Å². The number of piperidine rings is 1. The van der Waals surface area contributed by atoms with Crippen LogP contribution in [0.25, 0.3) is 0 Å². The number of nitrogens with zero attached hydrogens (tertiary/aromatic N) is 1. The number of rotatable bonds is 4. The molecular weight excluding hydrogens is 274 g/mol. The Bertz CT molecular complexity index is 541. The van der Waals surface area contributed by atoms with Crippen LogP contribution in [0.3, 0.4) is 0 Å². The second-order valence-corrected chi connectivity index (χ2v) is 6.88. The van der Waals surface area contributed by atoms with Crippen LogP contribution in [0.2, 0.25) is 0 Å². The van der Waals surface area contributed by atoms with E-state index in [2.05, 4.69) is 29.3 Å². The van der Waals surface area contributed by atoms with Gasteiger partial charge in [-0.2, -0.15) is 0 Å². The quantitative estimate of drug-likeness (QED) is 0.896. The Hall–Kier alpha value is -1.39. The van der Waals surface area contributed by atoms with Gasteiger partial charge in [0.25, 0.3) is 0 Å². The highest BCUT2D eigenvalue weighted by Gasteiger charge is 2.24. The molecule has 1 heterocycles. The number of aryl methyl sites for hydroxylation is 2. The minimum absolute atomic E-state index is 0.0864. The second-order valence-electron chi connectivity index (χ2n) is 6.88. The van der Waals surface area contributed by atoms with Gasteiger partial charge in [-0.05, 0) is 74.8 Å². The predicted molar refractivity (Wildman–Crippen MR) is 89.9 cm³/mol. The van der Waals surface area contributed by atoms with Gasteiger partial charge < -0.3 is 11.1 Å². The van der Waals surface area contributed by atoms with Gasteiger partial charge in [0.15, 0.2) is 0 Å². The number of fused-ring (bicyclic) bond motifs is 1. The molecule has 22 heavy (non-hydrogen) atoms. The number of nitrogens with one attached hydrogen (secondary N) is 1. The summed E-state index contributed by atoms with van der Waals surface area (Å²) in [7, 11) is 0. The standard InChI is InChI=1S/C18H27N3O/c1-13(19)16-6-3-9-21(11-16)12-18(22)20-17-8-7-14-4-2-5-15(14)10-17/h7-8,10,13,16H,2-6,9,11-12,19H2,1H3,(H,20,22). The summed E-state index contributed by atoms with van der Waals surface area (Å²) in [6.07, 6.45) is 5.87. The molecule has 2 unspecified atom stereocenters. The zero-order valence-corrected chi connectivity index (χ0v) is 13.5. The van der Waals surface area contributed by atoms with Crippen LogP contribution in [0.1, 0.15) is 37.3 Å². The summed E-state index contributed by atoms with van der Waals surface area (Å²) in [5, 5.41) is 3.05. The monoisotopic (exact) mass is 301 g/mol. The summed E-state index contributed by atoms with van der Waals surface area (Å²) < 4.78 is 0. The lowest BCUT2D eigenvalue weighted by atomic mass is 9.92. The molecule has 4 nitrogen and oxygen atoms in total. The lowest BCUT2D eigenvalue weighted by Crippen LogP contribution is -2.45. The largest absolute Gasteiger partial charge is 0.328 e. The number of carbonyl (C=O) groups excluding carboxylic acids is 1. The fourth-order valence-corrected chi connectivity index (χ4v) is 3.72. The van der Waals surface area contributed by atoms with E-state index in [9.17, 15) is 4.79 Å². The van der Waals surface area contributed by atoms with E-state index in [4.69, 9.17) is 5.73 Å². The van der Waals surface area contributed by atoms with Crippen molar-refractivity contribution in [3.05, 3.63) is 29.3 Å². The van der Waals surface area contributed by atoms with E-state index in [1.54, 1.807) is 0 Å². The molecule has 1 aromatic rings. The average Bonchev–Trinajstić information content (AvgIpc) is 2.95. The smallest absolute Gasteiger partial charge is 0.238 e. The molecule has 2 aliphatic rings. The molecule has 2 atom stereocenters. The fraction of sp³-hybridized carbons (Fsp3) is 0.611. The maximum absolute atomic E-state index is 12.3. The van der Waals surface area contributed by atoms with Gasteiger partial charge in [0.2, 0.25) is 5.91 Å². The van der Waals surface area contributed by atoms with Crippen molar-refractivity contribution in [2.75, 3.05) is 25.0 Å². The number of hydrogen-bond acceptors (Lipinski definition) is 3. The van der Waals surface area contributed by atoms with Crippen LogP contribution in [-0.2, 0) is 17.6 Å². The van der Waals surface area contributed by atoms with Crippen LogP contribution >= 0.6 is 0 Å². The third-order valence-electron chi connectivity index (χ3n) is 5.03.